The third kappa shape index (κ3) is 5.15. The molecule has 0 saturated carbocycles. The maximum Gasteiger partial charge on any atom is 0.418 e. The third-order valence-corrected chi connectivity index (χ3v) is 4.44. The first kappa shape index (κ1) is 20.4. The fraction of sp³-hybridized carbons (Fsp3) is 0.238. The zero-order valence-corrected chi connectivity index (χ0v) is 15.4. The molecule has 1 saturated heterocycles. The molecule has 0 atom stereocenters. The Morgan fingerprint density at radius 2 is 1.90 bits per heavy atom. The van der Waals surface area contributed by atoms with Crippen molar-refractivity contribution in [2.75, 3.05) is 36.5 Å². The summed E-state index contributed by atoms with van der Waals surface area (Å²) in [5, 5.41) is 11.3. The standard InChI is InChI=1S/C21H18F3N3O2/c22-21(23,24)18-13-17(27-9-11-29-12-10-27)6-7-19(18)26-20(28)8-5-15-3-1-2-4-16(15)14-25/h1-8,13H,9-12H2,(H,26,28)/b8-5+. The molecule has 150 valence electrons. The first-order chi connectivity index (χ1) is 13.9. The van der Waals surface area contributed by atoms with E-state index in [1.165, 1.54) is 12.1 Å². The predicted molar refractivity (Wildman–Crippen MR) is 103 cm³/mol. The van der Waals surface area contributed by atoms with Gasteiger partial charge in [0.15, 0.2) is 0 Å². The Hall–Kier alpha value is -3.31. The molecular formula is C21H18F3N3O2. The van der Waals surface area contributed by atoms with Crippen LogP contribution in [0, 0.1) is 11.3 Å². The lowest BCUT2D eigenvalue weighted by Crippen LogP contribution is -2.36. The molecule has 2 aromatic carbocycles. The molecule has 1 aliphatic heterocycles. The van der Waals surface area contributed by atoms with Crippen LogP contribution in [0.25, 0.3) is 6.08 Å². The van der Waals surface area contributed by atoms with E-state index in [1.54, 1.807) is 30.3 Å². The van der Waals surface area contributed by atoms with Crippen LogP contribution >= 0.6 is 0 Å². The summed E-state index contributed by atoms with van der Waals surface area (Å²) in [4.78, 5) is 14.0. The highest BCUT2D eigenvalue weighted by atomic mass is 19.4. The minimum absolute atomic E-state index is 0.322. The number of nitriles is 1. The number of halogens is 3. The van der Waals surface area contributed by atoms with Crippen LogP contribution in [0.5, 0.6) is 0 Å². The van der Waals surface area contributed by atoms with Gasteiger partial charge in [0, 0.05) is 24.9 Å². The largest absolute Gasteiger partial charge is 0.418 e. The second-order valence-electron chi connectivity index (χ2n) is 6.35. The number of morpholine rings is 1. The molecule has 5 nitrogen and oxygen atoms in total. The van der Waals surface area contributed by atoms with Crippen molar-refractivity contribution in [3.8, 4) is 6.07 Å². The summed E-state index contributed by atoms with van der Waals surface area (Å²) in [6.45, 7) is 1.91. The Morgan fingerprint density at radius 1 is 1.17 bits per heavy atom. The van der Waals surface area contributed by atoms with Crippen molar-refractivity contribution in [1.29, 1.82) is 5.26 Å². The van der Waals surface area contributed by atoms with Crippen molar-refractivity contribution in [2.24, 2.45) is 0 Å². The highest BCUT2D eigenvalue weighted by Gasteiger charge is 2.34. The van der Waals surface area contributed by atoms with Crippen molar-refractivity contribution in [3.63, 3.8) is 0 Å². The molecule has 1 fully saturated rings. The van der Waals surface area contributed by atoms with Gasteiger partial charge < -0.3 is 15.0 Å². The van der Waals surface area contributed by atoms with Crippen LogP contribution in [0.4, 0.5) is 24.5 Å². The zero-order valence-electron chi connectivity index (χ0n) is 15.4. The van der Waals surface area contributed by atoms with E-state index in [0.717, 1.165) is 12.1 Å². The van der Waals surface area contributed by atoms with Crippen LogP contribution in [0.2, 0.25) is 0 Å². The number of nitrogens with one attached hydrogen (secondary N) is 1. The molecule has 2 aromatic rings. The van der Waals surface area contributed by atoms with Crippen LogP contribution in [0.1, 0.15) is 16.7 Å². The quantitative estimate of drug-likeness (QED) is 0.785. The lowest BCUT2D eigenvalue weighted by molar-refractivity contribution is -0.136. The van der Waals surface area contributed by atoms with Crippen molar-refractivity contribution in [2.45, 2.75) is 6.18 Å². The molecule has 8 heteroatoms. The SMILES string of the molecule is N#Cc1ccccc1/C=C/C(=O)Nc1ccc(N2CCOCC2)cc1C(F)(F)F. The minimum Gasteiger partial charge on any atom is -0.378 e. The molecule has 3 rings (SSSR count). The van der Waals surface area contributed by atoms with Crippen LogP contribution in [0.3, 0.4) is 0 Å². The van der Waals surface area contributed by atoms with Gasteiger partial charge in [-0.15, -0.1) is 0 Å². The molecule has 1 N–H and O–H groups in total. The van der Waals surface area contributed by atoms with Gasteiger partial charge in [0.2, 0.25) is 5.91 Å². The van der Waals surface area contributed by atoms with E-state index >= 15 is 0 Å². The molecule has 0 radical (unpaired) electrons. The molecule has 1 amide bonds. The highest BCUT2D eigenvalue weighted by molar-refractivity contribution is 6.02. The van der Waals surface area contributed by atoms with Crippen molar-refractivity contribution >= 4 is 23.4 Å². The number of ether oxygens (including phenoxy) is 1. The van der Waals surface area contributed by atoms with Gasteiger partial charge in [-0.25, -0.2) is 0 Å². The van der Waals surface area contributed by atoms with Gasteiger partial charge in [0.1, 0.15) is 0 Å². The lowest BCUT2D eigenvalue weighted by Gasteiger charge is -2.29. The van der Waals surface area contributed by atoms with E-state index in [0.29, 0.717) is 43.1 Å². The minimum atomic E-state index is -4.62. The summed E-state index contributed by atoms with van der Waals surface area (Å²) in [6.07, 6.45) is -2.13. The Bertz CT molecular complexity index is 958. The number of anilines is 2. The molecule has 0 aliphatic carbocycles. The fourth-order valence-electron chi connectivity index (χ4n) is 2.98. The molecule has 0 bridgehead atoms. The Labute approximate surface area is 166 Å². The summed E-state index contributed by atoms with van der Waals surface area (Å²) < 4.78 is 45.9. The van der Waals surface area contributed by atoms with Gasteiger partial charge in [-0.2, -0.15) is 18.4 Å². The summed E-state index contributed by atoms with van der Waals surface area (Å²) in [6, 6.07) is 12.4. The number of hydrogen-bond acceptors (Lipinski definition) is 4. The van der Waals surface area contributed by atoms with Crippen molar-refractivity contribution in [3.05, 3.63) is 65.2 Å². The Kier molecular flexibility index (Phi) is 6.20. The smallest absolute Gasteiger partial charge is 0.378 e. The summed E-state index contributed by atoms with van der Waals surface area (Å²) >= 11 is 0. The van der Waals surface area contributed by atoms with Crippen molar-refractivity contribution in [1.82, 2.24) is 0 Å². The molecule has 29 heavy (non-hydrogen) atoms. The number of hydrogen-bond donors (Lipinski definition) is 1. The normalized spacial score (nSPS) is 14.6. The van der Waals surface area contributed by atoms with Crippen LogP contribution in [-0.2, 0) is 15.7 Å². The van der Waals surface area contributed by atoms with Gasteiger partial charge in [-0.3, -0.25) is 4.79 Å². The van der Waals surface area contributed by atoms with Gasteiger partial charge in [0.25, 0.3) is 0 Å². The third-order valence-electron chi connectivity index (χ3n) is 4.44. The number of benzene rings is 2. The number of amides is 1. The van der Waals surface area contributed by atoms with Gasteiger partial charge in [0.05, 0.1) is 36.1 Å². The molecule has 0 spiro atoms. The maximum atomic E-state index is 13.5. The molecule has 1 heterocycles. The second kappa shape index (κ2) is 8.80. The number of carbonyl (C=O) groups is 1. The number of alkyl halides is 3. The second-order valence-corrected chi connectivity index (χ2v) is 6.35. The van der Waals surface area contributed by atoms with Gasteiger partial charge in [-0.1, -0.05) is 18.2 Å². The zero-order chi connectivity index (χ0) is 20.9. The van der Waals surface area contributed by atoms with E-state index in [2.05, 4.69) is 5.32 Å². The molecular weight excluding hydrogens is 383 g/mol. The lowest BCUT2D eigenvalue weighted by atomic mass is 10.1. The first-order valence-corrected chi connectivity index (χ1v) is 8.90. The number of carbonyl (C=O) groups excluding carboxylic acids is 1. The Morgan fingerprint density at radius 3 is 2.59 bits per heavy atom. The fourth-order valence-corrected chi connectivity index (χ4v) is 2.98. The van der Waals surface area contributed by atoms with Gasteiger partial charge in [-0.05, 0) is 35.9 Å². The van der Waals surface area contributed by atoms with Crippen molar-refractivity contribution < 1.29 is 22.7 Å². The first-order valence-electron chi connectivity index (χ1n) is 8.90. The number of nitrogens with zero attached hydrogens (tertiary/aromatic N) is 2. The van der Waals surface area contributed by atoms with E-state index in [4.69, 9.17) is 10.00 Å². The highest BCUT2D eigenvalue weighted by Crippen LogP contribution is 2.37. The number of rotatable bonds is 4. The summed E-state index contributed by atoms with van der Waals surface area (Å²) in [5.41, 5.74) is 0.0572. The summed E-state index contributed by atoms with van der Waals surface area (Å²) in [7, 11) is 0. The Balaban J connectivity index is 1.81. The molecule has 1 aliphatic rings. The van der Waals surface area contributed by atoms with Crippen LogP contribution in [-0.4, -0.2) is 32.2 Å². The van der Waals surface area contributed by atoms with E-state index in [-0.39, 0.29) is 5.69 Å². The monoisotopic (exact) mass is 401 g/mol. The van der Waals surface area contributed by atoms with E-state index < -0.39 is 17.6 Å². The van der Waals surface area contributed by atoms with E-state index in [1.807, 2.05) is 11.0 Å². The van der Waals surface area contributed by atoms with E-state index in [9.17, 15) is 18.0 Å². The average molecular weight is 401 g/mol. The topological polar surface area (TPSA) is 65.4 Å². The average Bonchev–Trinajstić information content (AvgIpc) is 2.72. The van der Waals surface area contributed by atoms with Gasteiger partial charge >= 0.3 is 6.18 Å². The van der Waals surface area contributed by atoms with Crippen LogP contribution in [0.15, 0.2) is 48.5 Å². The van der Waals surface area contributed by atoms with Crippen LogP contribution < -0.4 is 10.2 Å². The maximum absolute atomic E-state index is 13.5. The molecule has 0 unspecified atom stereocenters. The molecule has 0 aromatic heterocycles. The predicted octanol–water partition coefficient (Wildman–Crippen LogP) is 4.07. The summed E-state index contributed by atoms with van der Waals surface area (Å²) in [5.74, 6) is -0.720.